The number of nitrogens with one attached hydrogen (secondary N) is 2. The minimum atomic E-state index is 0.525. The number of aldehydes is 2. The van der Waals surface area contributed by atoms with Crippen LogP contribution in [0, 0.1) is 0 Å². The number of rotatable bonds is 10. The first-order valence-electron chi connectivity index (χ1n) is 11.2. The van der Waals surface area contributed by atoms with E-state index in [0.29, 0.717) is 5.70 Å². The molecule has 0 unspecified atom stereocenters. The maximum Gasteiger partial charge on any atom is 0.150 e. The molecule has 6 nitrogen and oxygen atoms in total. The third-order valence-corrected chi connectivity index (χ3v) is 4.24. The number of hydrogen-bond acceptors (Lipinski definition) is 6. The maximum absolute atomic E-state index is 10.0. The van der Waals surface area contributed by atoms with Crippen molar-refractivity contribution in [1.82, 2.24) is 0 Å². The molecular weight excluding hydrogens is 424 g/mol. The molecule has 0 saturated heterocycles. The fourth-order valence-electron chi connectivity index (χ4n) is 2.44. The average Bonchev–Trinajstić information content (AvgIpc) is 2.86. The second-order valence-electron chi connectivity index (χ2n) is 6.98. The predicted octanol–water partition coefficient (Wildman–Crippen LogP) is 6.32. The van der Waals surface area contributed by atoms with Gasteiger partial charge >= 0.3 is 0 Å². The molecule has 6 heteroatoms. The second kappa shape index (κ2) is 19.7. The van der Waals surface area contributed by atoms with Gasteiger partial charge in [-0.25, -0.2) is 0 Å². The molecule has 0 spiro atoms. The van der Waals surface area contributed by atoms with Gasteiger partial charge in [-0.05, 0) is 50.1 Å². The molecule has 0 saturated carbocycles. The number of allylic oxidation sites excluding steroid dienone is 4. The van der Waals surface area contributed by atoms with E-state index in [2.05, 4.69) is 35.2 Å². The van der Waals surface area contributed by atoms with Crippen LogP contribution in [-0.4, -0.2) is 32.4 Å². The van der Waals surface area contributed by atoms with Gasteiger partial charge < -0.3 is 21.2 Å². The Kier molecular flexibility index (Phi) is 17.5. The summed E-state index contributed by atoms with van der Waals surface area (Å²) in [6.07, 6.45) is 11.4. The van der Waals surface area contributed by atoms with Crippen LogP contribution >= 0.6 is 0 Å². The van der Waals surface area contributed by atoms with E-state index < -0.39 is 0 Å². The SMILES string of the molecule is C=C(N)/C=C\C(C=Nc1cc(NC)ccc1NCCCC)=C/C.CC=O.O=Cc1ccccc1. The Bertz CT molecular complexity index is 948. The van der Waals surface area contributed by atoms with E-state index in [0.717, 1.165) is 60.2 Å². The monoisotopic (exact) mass is 462 g/mol. The minimum Gasteiger partial charge on any atom is -0.399 e. The standard InChI is InChI=1S/C19H28N4.C7H6O.C2H4O/c1-5-7-12-22-18-11-10-17(21-4)13-19(18)23-14-16(6-2)9-8-15(3)20;8-6-7-4-2-1-3-5-7;1-2-3/h6,8-11,13-14,21-22H,3,5,7,12,20H2,1-2,4H3;1-6H;2H,1H3/b9-8-,16-6+,23-14?;;. The summed E-state index contributed by atoms with van der Waals surface area (Å²) in [5.74, 6) is 0. The summed E-state index contributed by atoms with van der Waals surface area (Å²) >= 11 is 0. The first-order chi connectivity index (χ1) is 16.4. The van der Waals surface area contributed by atoms with Crippen molar-refractivity contribution in [3.63, 3.8) is 0 Å². The summed E-state index contributed by atoms with van der Waals surface area (Å²) in [5.41, 5.74) is 10.8. The fraction of sp³-hybridized carbons (Fsp3) is 0.250. The zero-order valence-electron chi connectivity index (χ0n) is 20.8. The molecule has 0 amide bonds. The number of anilines is 2. The van der Waals surface area contributed by atoms with Crippen LogP contribution in [0.1, 0.15) is 44.0 Å². The molecule has 0 aliphatic rings. The zero-order valence-corrected chi connectivity index (χ0v) is 20.8. The summed E-state index contributed by atoms with van der Waals surface area (Å²) < 4.78 is 0. The Labute approximate surface area is 204 Å². The van der Waals surface area contributed by atoms with Crippen LogP contribution in [-0.2, 0) is 4.79 Å². The topological polar surface area (TPSA) is 96.6 Å². The van der Waals surface area contributed by atoms with Gasteiger partial charge in [-0.15, -0.1) is 0 Å². The second-order valence-corrected chi connectivity index (χ2v) is 6.98. The largest absolute Gasteiger partial charge is 0.399 e. The van der Waals surface area contributed by atoms with Gasteiger partial charge in [0.1, 0.15) is 12.6 Å². The van der Waals surface area contributed by atoms with Crippen molar-refractivity contribution in [2.75, 3.05) is 24.2 Å². The molecule has 0 atom stereocenters. The van der Waals surface area contributed by atoms with Gasteiger partial charge in [0.15, 0.2) is 0 Å². The zero-order chi connectivity index (χ0) is 25.6. The predicted molar refractivity (Wildman–Crippen MR) is 147 cm³/mol. The molecular formula is C28H38N4O2. The molecule has 2 aromatic rings. The molecule has 182 valence electrons. The molecule has 0 aromatic heterocycles. The van der Waals surface area contributed by atoms with Crippen molar-refractivity contribution in [1.29, 1.82) is 0 Å². The number of nitrogens with two attached hydrogens (primary N) is 1. The molecule has 0 bridgehead atoms. The van der Waals surface area contributed by atoms with Crippen molar-refractivity contribution in [3.05, 3.63) is 90.2 Å². The number of carbonyl (C=O) groups is 2. The summed E-state index contributed by atoms with van der Waals surface area (Å²) in [6.45, 7) is 10.2. The van der Waals surface area contributed by atoms with E-state index in [-0.39, 0.29) is 0 Å². The highest BCUT2D eigenvalue weighted by molar-refractivity contribution is 5.87. The van der Waals surface area contributed by atoms with E-state index in [1.165, 1.54) is 6.92 Å². The molecule has 0 aliphatic carbocycles. The quantitative estimate of drug-likeness (QED) is 0.166. The van der Waals surface area contributed by atoms with Crippen molar-refractivity contribution in [2.45, 2.75) is 33.6 Å². The maximum atomic E-state index is 10.0. The van der Waals surface area contributed by atoms with E-state index in [4.69, 9.17) is 10.5 Å². The highest BCUT2D eigenvalue weighted by atomic mass is 16.1. The van der Waals surface area contributed by atoms with Crippen LogP contribution in [0.5, 0.6) is 0 Å². The van der Waals surface area contributed by atoms with Gasteiger partial charge in [-0.1, -0.05) is 62.4 Å². The number of nitrogens with zero attached hydrogens (tertiary/aromatic N) is 1. The lowest BCUT2D eigenvalue weighted by Crippen LogP contribution is -2.01. The van der Waals surface area contributed by atoms with Crippen LogP contribution in [0.15, 0.2) is 89.6 Å². The Hall–Kier alpha value is -3.93. The summed E-state index contributed by atoms with van der Waals surface area (Å²) in [7, 11) is 1.90. The van der Waals surface area contributed by atoms with Gasteiger partial charge in [0.25, 0.3) is 0 Å². The van der Waals surface area contributed by atoms with E-state index in [1.807, 2.05) is 62.7 Å². The number of benzene rings is 2. The van der Waals surface area contributed by atoms with Gasteiger partial charge in [-0.2, -0.15) is 0 Å². The first kappa shape index (κ1) is 30.1. The Balaban J connectivity index is 0.000000813. The fourth-order valence-corrected chi connectivity index (χ4v) is 2.44. The highest BCUT2D eigenvalue weighted by Crippen LogP contribution is 2.28. The normalized spacial score (nSPS) is 10.5. The van der Waals surface area contributed by atoms with Crippen LogP contribution in [0.25, 0.3) is 0 Å². The van der Waals surface area contributed by atoms with Gasteiger partial charge in [0, 0.05) is 36.8 Å². The van der Waals surface area contributed by atoms with E-state index in [1.54, 1.807) is 18.2 Å². The van der Waals surface area contributed by atoms with Crippen molar-refractivity contribution >= 4 is 35.8 Å². The third-order valence-electron chi connectivity index (χ3n) is 4.24. The molecule has 34 heavy (non-hydrogen) atoms. The van der Waals surface area contributed by atoms with Crippen LogP contribution in [0.3, 0.4) is 0 Å². The van der Waals surface area contributed by atoms with E-state index >= 15 is 0 Å². The Morgan fingerprint density at radius 3 is 2.26 bits per heavy atom. The lowest BCUT2D eigenvalue weighted by Gasteiger charge is -2.10. The molecule has 0 radical (unpaired) electrons. The van der Waals surface area contributed by atoms with Crippen molar-refractivity contribution in [2.24, 2.45) is 10.7 Å². The molecule has 0 fully saturated rings. The van der Waals surface area contributed by atoms with Crippen LogP contribution in [0.4, 0.5) is 17.1 Å². The van der Waals surface area contributed by atoms with Crippen LogP contribution < -0.4 is 16.4 Å². The number of hydrogen-bond donors (Lipinski definition) is 3. The lowest BCUT2D eigenvalue weighted by atomic mass is 10.2. The summed E-state index contributed by atoms with van der Waals surface area (Å²) in [4.78, 5) is 23.4. The first-order valence-corrected chi connectivity index (χ1v) is 11.2. The molecule has 0 aliphatic heterocycles. The number of unbranched alkanes of at least 4 members (excludes halogenated alkanes) is 1. The molecule has 2 rings (SSSR count). The summed E-state index contributed by atoms with van der Waals surface area (Å²) in [5, 5.41) is 6.59. The average molecular weight is 463 g/mol. The van der Waals surface area contributed by atoms with Gasteiger partial charge in [0.2, 0.25) is 0 Å². The highest BCUT2D eigenvalue weighted by Gasteiger charge is 2.02. The molecule has 0 heterocycles. The van der Waals surface area contributed by atoms with Crippen molar-refractivity contribution < 1.29 is 9.59 Å². The molecule has 2 aromatic carbocycles. The lowest BCUT2D eigenvalue weighted by molar-refractivity contribution is -0.106. The Morgan fingerprint density at radius 1 is 1.09 bits per heavy atom. The van der Waals surface area contributed by atoms with Crippen molar-refractivity contribution in [3.8, 4) is 0 Å². The van der Waals surface area contributed by atoms with Crippen LogP contribution in [0.2, 0.25) is 0 Å². The van der Waals surface area contributed by atoms with Gasteiger partial charge in [0.05, 0.1) is 11.4 Å². The number of carbonyl (C=O) groups excluding carboxylic acids is 2. The van der Waals surface area contributed by atoms with Gasteiger partial charge in [-0.3, -0.25) is 9.79 Å². The minimum absolute atomic E-state index is 0.525. The molecule has 4 N–H and O–H groups in total. The smallest absolute Gasteiger partial charge is 0.150 e. The van der Waals surface area contributed by atoms with E-state index in [9.17, 15) is 4.79 Å². The third kappa shape index (κ3) is 14.2. The Morgan fingerprint density at radius 2 is 1.76 bits per heavy atom. The number of aliphatic imine (C=N–C) groups is 1. The summed E-state index contributed by atoms with van der Waals surface area (Å²) in [6, 6.07) is 15.2.